The van der Waals surface area contributed by atoms with Crippen molar-refractivity contribution in [2.75, 3.05) is 5.32 Å². The lowest BCUT2D eigenvalue weighted by atomic mass is 9.85. The summed E-state index contributed by atoms with van der Waals surface area (Å²) in [5.41, 5.74) is 4.28. The number of hydrogen-bond donors (Lipinski definition) is 1. The third-order valence-corrected chi connectivity index (χ3v) is 4.01. The number of nitrogens with one attached hydrogen (secondary N) is 1. The smallest absolute Gasteiger partial charge is 0.126 e. The molecule has 0 amide bonds. The van der Waals surface area contributed by atoms with Crippen molar-refractivity contribution in [1.29, 1.82) is 0 Å². The summed E-state index contributed by atoms with van der Waals surface area (Å²) >= 11 is 0. The molecule has 1 aliphatic rings. The minimum Gasteiger partial charge on any atom is -0.378 e. The van der Waals surface area contributed by atoms with E-state index < -0.39 is 11.6 Å². The highest BCUT2D eigenvalue weighted by Gasteiger charge is 2.25. The minimum atomic E-state index is -0.530. The Labute approximate surface area is 124 Å². The predicted octanol–water partition coefficient (Wildman–Crippen LogP) is 4.97. The normalized spacial score (nSPS) is 17.5. The summed E-state index contributed by atoms with van der Waals surface area (Å²) in [5.74, 6) is -1.06. The fourth-order valence-electron chi connectivity index (χ4n) is 2.81. The summed E-state index contributed by atoms with van der Waals surface area (Å²) in [7, 11) is 0. The van der Waals surface area contributed by atoms with E-state index in [-0.39, 0.29) is 11.5 Å². The van der Waals surface area contributed by atoms with Gasteiger partial charge in [-0.3, -0.25) is 0 Å². The average Bonchev–Trinajstić information content (AvgIpc) is 2.79. The third-order valence-electron chi connectivity index (χ3n) is 4.01. The fraction of sp³-hybridized carbons (Fsp3) is 0.333. The first kappa shape index (κ1) is 14.1. The molecule has 0 fully saturated rings. The first-order valence-electron chi connectivity index (χ1n) is 7.19. The molecule has 21 heavy (non-hydrogen) atoms. The number of halogens is 2. The molecule has 3 heteroatoms. The van der Waals surface area contributed by atoms with Gasteiger partial charge in [0.2, 0.25) is 0 Å². The van der Waals surface area contributed by atoms with E-state index in [0.29, 0.717) is 5.56 Å². The number of anilines is 1. The van der Waals surface area contributed by atoms with Crippen molar-refractivity contribution in [2.24, 2.45) is 0 Å². The van der Waals surface area contributed by atoms with E-state index in [4.69, 9.17) is 0 Å². The molecule has 1 unspecified atom stereocenters. The summed E-state index contributed by atoms with van der Waals surface area (Å²) in [6.45, 7) is 6.53. The van der Waals surface area contributed by atoms with Crippen molar-refractivity contribution < 1.29 is 8.78 Å². The lowest BCUT2D eigenvalue weighted by Gasteiger charge is -2.19. The highest BCUT2D eigenvalue weighted by molar-refractivity contribution is 5.60. The molecule has 1 N–H and O–H groups in total. The summed E-state index contributed by atoms with van der Waals surface area (Å²) in [6, 6.07) is 10.0. The van der Waals surface area contributed by atoms with Gasteiger partial charge in [-0.05, 0) is 46.7 Å². The Kier molecular flexibility index (Phi) is 3.23. The molecule has 110 valence electrons. The van der Waals surface area contributed by atoms with Crippen molar-refractivity contribution in [3.05, 3.63) is 64.7 Å². The molecule has 1 aliphatic heterocycles. The van der Waals surface area contributed by atoms with Gasteiger partial charge < -0.3 is 5.32 Å². The first-order chi connectivity index (χ1) is 9.83. The molecule has 3 rings (SSSR count). The molecule has 0 radical (unpaired) electrons. The van der Waals surface area contributed by atoms with Crippen molar-refractivity contribution >= 4 is 5.69 Å². The van der Waals surface area contributed by atoms with Gasteiger partial charge in [0.05, 0.1) is 6.04 Å². The van der Waals surface area contributed by atoms with E-state index in [1.807, 2.05) is 0 Å². The van der Waals surface area contributed by atoms with E-state index in [2.05, 4.69) is 44.3 Å². The van der Waals surface area contributed by atoms with E-state index >= 15 is 0 Å². The number of rotatable bonds is 1. The van der Waals surface area contributed by atoms with E-state index in [1.54, 1.807) is 0 Å². The van der Waals surface area contributed by atoms with Gasteiger partial charge in [0.1, 0.15) is 11.6 Å². The predicted molar refractivity (Wildman–Crippen MR) is 81.6 cm³/mol. The quantitative estimate of drug-likeness (QED) is 0.780. The van der Waals surface area contributed by atoms with E-state index in [1.165, 1.54) is 23.3 Å². The zero-order chi connectivity index (χ0) is 15.2. The Hall–Kier alpha value is -1.90. The average molecular weight is 287 g/mol. The molecule has 1 nitrogen and oxygen atoms in total. The molecule has 1 heterocycles. The van der Waals surface area contributed by atoms with Crippen LogP contribution in [-0.4, -0.2) is 0 Å². The van der Waals surface area contributed by atoms with Crippen LogP contribution in [0.3, 0.4) is 0 Å². The molecular formula is C18H19F2N. The van der Waals surface area contributed by atoms with Gasteiger partial charge in [0.15, 0.2) is 0 Å². The standard InChI is InChI=1S/C18H19F2N/c1-18(2,3)13-4-5-16-11(6-13)9-17(21-16)12-7-14(19)10-15(20)8-12/h4-8,10,17,21H,9H2,1-3H3. The van der Waals surface area contributed by atoms with Crippen molar-refractivity contribution in [3.8, 4) is 0 Å². The molecule has 2 aromatic carbocycles. The van der Waals surface area contributed by atoms with Gasteiger partial charge in [-0.15, -0.1) is 0 Å². The maximum Gasteiger partial charge on any atom is 0.126 e. The van der Waals surface area contributed by atoms with Gasteiger partial charge in [-0.1, -0.05) is 32.9 Å². The minimum absolute atomic E-state index is 0.0691. The Bertz CT molecular complexity index is 666. The second-order valence-corrected chi connectivity index (χ2v) is 6.73. The Morgan fingerprint density at radius 1 is 1.00 bits per heavy atom. The van der Waals surface area contributed by atoms with Crippen LogP contribution in [0.25, 0.3) is 0 Å². The topological polar surface area (TPSA) is 12.0 Å². The van der Waals surface area contributed by atoms with Crippen LogP contribution in [-0.2, 0) is 11.8 Å². The zero-order valence-corrected chi connectivity index (χ0v) is 12.5. The zero-order valence-electron chi connectivity index (χ0n) is 12.5. The van der Waals surface area contributed by atoms with E-state index in [9.17, 15) is 8.78 Å². The molecule has 1 atom stereocenters. The Morgan fingerprint density at radius 3 is 2.29 bits per heavy atom. The number of benzene rings is 2. The monoisotopic (exact) mass is 287 g/mol. The second kappa shape index (κ2) is 4.83. The van der Waals surface area contributed by atoms with Gasteiger partial charge in [-0.25, -0.2) is 8.78 Å². The highest BCUT2D eigenvalue weighted by Crippen LogP contribution is 2.37. The Morgan fingerprint density at radius 2 is 1.67 bits per heavy atom. The number of fused-ring (bicyclic) bond motifs is 1. The van der Waals surface area contributed by atoms with Crippen LogP contribution in [0, 0.1) is 11.6 Å². The van der Waals surface area contributed by atoms with Crippen LogP contribution in [0.5, 0.6) is 0 Å². The van der Waals surface area contributed by atoms with Crippen LogP contribution in [0.1, 0.15) is 43.5 Å². The lowest BCUT2D eigenvalue weighted by Crippen LogP contribution is -2.10. The van der Waals surface area contributed by atoms with Gasteiger partial charge in [0.25, 0.3) is 0 Å². The second-order valence-electron chi connectivity index (χ2n) is 6.73. The summed E-state index contributed by atoms with van der Waals surface area (Å²) < 4.78 is 26.7. The third kappa shape index (κ3) is 2.78. The molecule has 0 saturated carbocycles. The molecule has 0 saturated heterocycles. The van der Waals surface area contributed by atoms with Crippen LogP contribution in [0.4, 0.5) is 14.5 Å². The van der Waals surface area contributed by atoms with Crippen LogP contribution in [0.2, 0.25) is 0 Å². The Balaban J connectivity index is 1.91. The molecular weight excluding hydrogens is 268 g/mol. The maximum absolute atomic E-state index is 13.4. The first-order valence-corrected chi connectivity index (χ1v) is 7.19. The molecule has 0 aliphatic carbocycles. The number of hydrogen-bond acceptors (Lipinski definition) is 1. The summed E-state index contributed by atoms with van der Waals surface area (Å²) in [5, 5.41) is 3.35. The molecule has 0 aromatic heterocycles. The van der Waals surface area contributed by atoms with Crippen LogP contribution >= 0.6 is 0 Å². The SMILES string of the molecule is CC(C)(C)c1ccc2c(c1)CC(c1cc(F)cc(F)c1)N2. The fourth-order valence-corrected chi connectivity index (χ4v) is 2.81. The van der Waals surface area contributed by atoms with Gasteiger partial charge in [-0.2, -0.15) is 0 Å². The van der Waals surface area contributed by atoms with Crippen LogP contribution in [0.15, 0.2) is 36.4 Å². The maximum atomic E-state index is 13.4. The summed E-state index contributed by atoms with van der Waals surface area (Å²) in [4.78, 5) is 0. The summed E-state index contributed by atoms with van der Waals surface area (Å²) in [6.07, 6.45) is 0.752. The van der Waals surface area contributed by atoms with Gasteiger partial charge >= 0.3 is 0 Å². The molecule has 0 bridgehead atoms. The van der Waals surface area contributed by atoms with E-state index in [0.717, 1.165) is 18.2 Å². The lowest BCUT2D eigenvalue weighted by molar-refractivity contribution is 0.576. The molecule has 0 spiro atoms. The van der Waals surface area contributed by atoms with Crippen molar-refractivity contribution in [3.63, 3.8) is 0 Å². The van der Waals surface area contributed by atoms with Gasteiger partial charge in [0, 0.05) is 11.8 Å². The van der Waals surface area contributed by atoms with Crippen LogP contribution < -0.4 is 5.32 Å². The largest absolute Gasteiger partial charge is 0.378 e. The molecule has 2 aromatic rings. The van der Waals surface area contributed by atoms with Crippen molar-refractivity contribution in [1.82, 2.24) is 0 Å². The highest BCUT2D eigenvalue weighted by atomic mass is 19.1. The van der Waals surface area contributed by atoms with Crippen molar-refractivity contribution in [2.45, 2.75) is 38.6 Å².